The van der Waals surface area contributed by atoms with Crippen LogP contribution >= 0.6 is 0 Å². The number of nitrogens with one attached hydrogen (secondary N) is 1. The first-order valence-electron chi connectivity index (χ1n) is 7.92. The summed E-state index contributed by atoms with van der Waals surface area (Å²) in [6.07, 6.45) is 5.04. The van der Waals surface area contributed by atoms with Gasteiger partial charge in [0, 0.05) is 12.6 Å². The van der Waals surface area contributed by atoms with E-state index in [1.54, 1.807) is 0 Å². The maximum Gasteiger partial charge on any atom is 0.119 e. The van der Waals surface area contributed by atoms with Gasteiger partial charge in [-0.1, -0.05) is 48.9 Å². The molecule has 0 fully saturated rings. The van der Waals surface area contributed by atoms with Gasteiger partial charge in [-0.2, -0.15) is 0 Å². The molecule has 2 heteroatoms. The van der Waals surface area contributed by atoms with Crippen molar-refractivity contribution in [1.29, 1.82) is 0 Å². The Morgan fingerprint density at radius 2 is 1.76 bits per heavy atom. The minimum atomic E-state index is 0.475. The van der Waals surface area contributed by atoms with Crippen LogP contribution < -0.4 is 10.1 Å². The van der Waals surface area contributed by atoms with Crippen molar-refractivity contribution in [3.05, 3.63) is 65.7 Å². The maximum absolute atomic E-state index is 5.75. The fraction of sp³-hybridized carbons (Fsp3) is 0.368. The standard InChI is InChI=1S/C19H23NO/c1-2-10-17(11-3-1)21-15-14-20-19-13-7-5-9-16-8-4-6-12-18(16)19/h1-4,6,8,10-12,19-20H,5,7,9,13-15H2. The number of fused-ring (bicyclic) bond motifs is 1. The number of aryl methyl sites for hydroxylation is 1. The van der Waals surface area contributed by atoms with E-state index in [0.717, 1.165) is 12.3 Å². The summed E-state index contributed by atoms with van der Waals surface area (Å²) in [6.45, 7) is 1.59. The lowest BCUT2D eigenvalue weighted by Crippen LogP contribution is -2.26. The van der Waals surface area contributed by atoms with E-state index in [1.807, 2.05) is 30.3 Å². The van der Waals surface area contributed by atoms with Crippen LogP contribution in [0.25, 0.3) is 0 Å². The predicted molar refractivity (Wildman–Crippen MR) is 86.7 cm³/mol. The average Bonchev–Trinajstić information content (AvgIpc) is 2.75. The Balaban J connectivity index is 1.53. The van der Waals surface area contributed by atoms with Gasteiger partial charge in [-0.15, -0.1) is 0 Å². The Labute approximate surface area is 127 Å². The first-order valence-corrected chi connectivity index (χ1v) is 7.92. The van der Waals surface area contributed by atoms with E-state index in [1.165, 1.54) is 36.8 Å². The Morgan fingerprint density at radius 3 is 2.67 bits per heavy atom. The molecular formula is C19H23NO. The van der Waals surface area contributed by atoms with Gasteiger partial charge in [-0.3, -0.25) is 0 Å². The van der Waals surface area contributed by atoms with Gasteiger partial charge in [0.2, 0.25) is 0 Å². The van der Waals surface area contributed by atoms with Crippen LogP contribution in [-0.4, -0.2) is 13.2 Å². The highest BCUT2D eigenvalue weighted by Crippen LogP contribution is 2.28. The third kappa shape index (κ3) is 3.85. The zero-order valence-electron chi connectivity index (χ0n) is 12.4. The Bertz CT molecular complexity index is 553. The highest BCUT2D eigenvalue weighted by molar-refractivity contribution is 5.31. The van der Waals surface area contributed by atoms with E-state index in [0.29, 0.717) is 12.6 Å². The summed E-state index contributed by atoms with van der Waals surface area (Å²) in [5, 5.41) is 3.66. The summed E-state index contributed by atoms with van der Waals surface area (Å²) < 4.78 is 5.75. The lowest BCUT2D eigenvalue weighted by Gasteiger charge is -2.19. The second-order valence-electron chi connectivity index (χ2n) is 5.61. The fourth-order valence-corrected chi connectivity index (χ4v) is 3.05. The van der Waals surface area contributed by atoms with Crippen LogP contribution in [0.4, 0.5) is 0 Å². The molecule has 1 N–H and O–H groups in total. The van der Waals surface area contributed by atoms with Crippen LogP contribution in [0.3, 0.4) is 0 Å². The van der Waals surface area contributed by atoms with Crippen molar-refractivity contribution in [3.8, 4) is 5.75 Å². The van der Waals surface area contributed by atoms with Gasteiger partial charge in [0.05, 0.1) is 0 Å². The summed E-state index contributed by atoms with van der Waals surface area (Å²) in [6, 6.07) is 19.3. The lowest BCUT2D eigenvalue weighted by atomic mass is 9.99. The molecule has 3 rings (SSSR count). The monoisotopic (exact) mass is 281 g/mol. The molecule has 0 saturated carbocycles. The fourth-order valence-electron chi connectivity index (χ4n) is 3.05. The second-order valence-corrected chi connectivity index (χ2v) is 5.61. The van der Waals surface area contributed by atoms with Crippen LogP contribution in [0.1, 0.15) is 36.4 Å². The van der Waals surface area contributed by atoms with Crippen LogP contribution in [0.5, 0.6) is 5.75 Å². The molecule has 2 aromatic carbocycles. The molecule has 110 valence electrons. The molecular weight excluding hydrogens is 258 g/mol. The average molecular weight is 281 g/mol. The highest BCUT2D eigenvalue weighted by Gasteiger charge is 2.17. The molecule has 0 aromatic heterocycles. The molecule has 1 atom stereocenters. The van der Waals surface area contributed by atoms with Crippen molar-refractivity contribution >= 4 is 0 Å². The highest BCUT2D eigenvalue weighted by atomic mass is 16.5. The SMILES string of the molecule is c1ccc(OCCNC2CCCCc3ccccc32)cc1. The number of rotatable bonds is 5. The van der Waals surface area contributed by atoms with Crippen molar-refractivity contribution in [2.45, 2.75) is 31.7 Å². The Kier molecular flexibility index (Phi) is 4.90. The molecule has 0 aliphatic heterocycles. The van der Waals surface area contributed by atoms with Gasteiger partial charge < -0.3 is 10.1 Å². The minimum Gasteiger partial charge on any atom is -0.492 e. The summed E-state index contributed by atoms with van der Waals surface area (Å²) in [5.74, 6) is 0.945. The van der Waals surface area contributed by atoms with E-state index >= 15 is 0 Å². The largest absolute Gasteiger partial charge is 0.492 e. The smallest absolute Gasteiger partial charge is 0.119 e. The molecule has 1 aliphatic rings. The van der Waals surface area contributed by atoms with E-state index in [9.17, 15) is 0 Å². The first-order chi connectivity index (χ1) is 10.4. The van der Waals surface area contributed by atoms with Crippen molar-refractivity contribution in [3.63, 3.8) is 0 Å². The molecule has 1 unspecified atom stereocenters. The summed E-state index contributed by atoms with van der Waals surface area (Å²) >= 11 is 0. The van der Waals surface area contributed by atoms with Crippen molar-refractivity contribution in [2.24, 2.45) is 0 Å². The molecule has 0 amide bonds. The van der Waals surface area contributed by atoms with Gasteiger partial charge in [0.15, 0.2) is 0 Å². The predicted octanol–water partition coefficient (Wildman–Crippen LogP) is 4.12. The van der Waals surface area contributed by atoms with Crippen LogP contribution in [0.2, 0.25) is 0 Å². The van der Waals surface area contributed by atoms with Crippen molar-refractivity contribution in [2.75, 3.05) is 13.2 Å². The molecule has 0 radical (unpaired) electrons. The van der Waals surface area contributed by atoms with Gasteiger partial charge in [-0.05, 0) is 42.5 Å². The third-order valence-electron chi connectivity index (χ3n) is 4.12. The third-order valence-corrected chi connectivity index (χ3v) is 4.12. The number of benzene rings is 2. The second kappa shape index (κ2) is 7.28. The normalized spacial score (nSPS) is 17.8. The van der Waals surface area contributed by atoms with Crippen LogP contribution in [0.15, 0.2) is 54.6 Å². The van der Waals surface area contributed by atoms with Crippen molar-refractivity contribution in [1.82, 2.24) is 5.32 Å². The van der Waals surface area contributed by atoms with E-state index in [-0.39, 0.29) is 0 Å². The lowest BCUT2D eigenvalue weighted by molar-refractivity contribution is 0.303. The molecule has 0 spiro atoms. The first kappa shape index (κ1) is 14.2. The van der Waals surface area contributed by atoms with Crippen molar-refractivity contribution < 1.29 is 4.74 Å². The maximum atomic E-state index is 5.75. The molecule has 21 heavy (non-hydrogen) atoms. The summed E-state index contributed by atoms with van der Waals surface area (Å²) in [7, 11) is 0. The summed E-state index contributed by atoms with van der Waals surface area (Å²) in [4.78, 5) is 0. The van der Waals surface area contributed by atoms with Crippen LogP contribution in [-0.2, 0) is 6.42 Å². The quantitative estimate of drug-likeness (QED) is 0.657. The number of hydrogen-bond acceptors (Lipinski definition) is 2. The van der Waals surface area contributed by atoms with E-state index in [2.05, 4.69) is 29.6 Å². The van der Waals surface area contributed by atoms with Gasteiger partial charge >= 0.3 is 0 Å². The molecule has 1 aliphatic carbocycles. The van der Waals surface area contributed by atoms with Gasteiger partial charge in [0.1, 0.15) is 12.4 Å². The van der Waals surface area contributed by atoms with Crippen LogP contribution in [0, 0.1) is 0 Å². The molecule has 2 aromatic rings. The molecule has 0 bridgehead atoms. The van der Waals surface area contributed by atoms with E-state index < -0.39 is 0 Å². The zero-order chi connectivity index (χ0) is 14.3. The molecule has 2 nitrogen and oxygen atoms in total. The molecule has 0 heterocycles. The Hall–Kier alpha value is -1.80. The number of ether oxygens (including phenoxy) is 1. The van der Waals surface area contributed by atoms with Gasteiger partial charge in [-0.25, -0.2) is 0 Å². The topological polar surface area (TPSA) is 21.3 Å². The number of hydrogen-bond donors (Lipinski definition) is 1. The summed E-state index contributed by atoms with van der Waals surface area (Å²) in [5.41, 5.74) is 2.99. The Morgan fingerprint density at radius 1 is 0.952 bits per heavy atom. The number of para-hydroxylation sites is 1. The van der Waals surface area contributed by atoms with E-state index in [4.69, 9.17) is 4.74 Å². The van der Waals surface area contributed by atoms with Gasteiger partial charge in [0.25, 0.3) is 0 Å². The minimum absolute atomic E-state index is 0.475. The molecule has 0 saturated heterocycles. The zero-order valence-corrected chi connectivity index (χ0v) is 12.4.